The van der Waals surface area contributed by atoms with Crippen LogP contribution in [0, 0.1) is 6.92 Å². The predicted octanol–water partition coefficient (Wildman–Crippen LogP) is 3.81. The van der Waals surface area contributed by atoms with Gasteiger partial charge in [-0.3, -0.25) is 24.8 Å². The molecule has 3 aromatic rings. The lowest BCUT2D eigenvalue weighted by Crippen LogP contribution is -2.52. The Kier molecular flexibility index (Phi) is 5.55. The van der Waals surface area contributed by atoms with E-state index < -0.39 is 6.17 Å². The largest absolute Gasteiger partial charge is 0.494 e. The van der Waals surface area contributed by atoms with Crippen molar-refractivity contribution in [2.24, 2.45) is 5.10 Å². The number of ketones is 1. The highest BCUT2D eigenvalue weighted by Crippen LogP contribution is 2.28. The molecule has 168 valence electrons. The molecule has 2 N–H and O–H groups in total. The number of nitrogens with zero attached hydrogens (tertiary/aromatic N) is 3. The summed E-state index contributed by atoms with van der Waals surface area (Å²) in [6, 6.07) is 15.1. The topological polar surface area (TPSA) is 90.0 Å². The molecule has 2 aromatic carbocycles. The quantitative estimate of drug-likeness (QED) is 0.543. The Hall–Kier alpha value is -3.72. The molecule has 0 saturated carbocycles. The number of carbonyl (C=O) groups excluding carboxylic acids is 2. The number of Topliss-reactive ketones (excluding diaryl/α,β-unsaturated/α-hetero) is 1. The highest BCUT2D eigenvalue weighted by molar-refractivity contribution is 8.14. The predicted molar refractivity (Wildman–Crippen MR) is 130 cm³/mol. The summed E-state index contributed by atoms with van der Waals surface area (Å²) in [5, 5.41) is 5.82. The number of aryl methyl sites for hydroxylation is 1. The van der Waals surface area contributed by atoms with Crippen molar-refractivity contribution < 1.29 is 14.3 Å². The van der Waals surface area contributed by atoms with Crippen LogP contribution in [-0.4, -0.2) is 45.3 Å². The fourth-order valence-electron chi connectivity index (χ4n) is 4.04. The molecule has 8 nitrogen and oxygen atoms in total. The van der Waals surface area contributed by atoms with Crippen LogP contribution in [0.3, 0.4) is 0 Å². The van der Waals surface area contributed by atoms with E-state index in [1.54, 1.807) is 22.2 Å². The summed E-state index contributed by atoms with van der Waals surface area (Å²) in [4.78, 5) is 32.7. The average Bonchev–Trinajstić information content (AvgIpc) is 3.39. The highest BCUT2D eigenvalue weighted by atomic mass is 32.2. The third kappa shape index (κ3) is 3.84. The molecule has 2 aliphatic rings. The monoisotopic (exact) mass is 461 g/mol. The minimum absolute atomic E-state index is 0.0180. The molecule has 2 aliphatic heterocycles. The van der Waals surface area contributed by atoms with Crippen molar-refractivity contribution in [3.63, 3.8) is 0 Å². The number of ether oxygens (including phenoxy) is 1. The number of para-hydroxylation sites is 1. The molecule has 5 rings (SSSR count). The van der Waals surface area contributed by atoms with E-state index in [9.17, 15) is 9.59 Å². The van der Waals surface area contributed by atoms with E-state index in [0.717, 1.165) is 28.0 Å². The Labute approximate surface area is 195 Å². The molecule has 1 aromatic heterocycles. The van der Waals surface area contributed by atoms with Crippen molar-refractivity contribution in [2.75, 3.05) is 17.3 Å². The summed E-state index contributed by atoms with van der Waals surface area (Å²) >= 11 is 1.31. The van der Waals surface area contributed by atoms with Crippen molar-refractivity contribution in [3.8, 4) is 5.75 Å². The fraction of sp³-hybridized carbons (Fsp3) is 0.208. The number of rotatable bonds is 6. The first-order valence-electron chi connectivity index (χ1n) is 10.7. The first-order chi connectivity index (χ1) is 16.1. The second-order valence-electron chi connectivity index (χ2n) is 7.65. The van der Waals surface area contributed by atoms with Crippen LogP contribution < -0.4 is 15.1 Å². The van der Waals surface area contributed by atoms with Crippen molar-refractivity contribution in [1.82, 2.24) is 15.3 Å². The summed E-state index contributed by atoms with van der Waals surface area (Å²) in [5.74, 6) is 0.841. The van der Waals surface area contributed by atoms with Crippen LogP contribution in [0.5, 0.6) is 5.75 Å². The number of anilines is 1. The summed E-state index contributed by atoms with van der Waals surface area (Å²) < 4.78 is 5.47. The van der Waals surface area contributed by atoms with E-state index in [-0.39, 0.29) is 17.4 Å². The zero-order chi connectivity index (χ0) is 22.9. The molecule has 0 saturated heterocycles. The average molecular weight is 462 g/mol. The van der Waals surface area contributed by atoms with Gasteiger partial charge in [-0.1, -0.05) is 30.0 Å². The first kappa shape index (κ1) is 21.1. The molecule has 33 heavy (non-hydrogen) atoms. The Bertz CT molecular complexity index is 1280. The van der Waals surface area contributed by atoms with E-state index >= 15 is 0 Å². The third-order valence-electron chi connectivity index (χ3n) is 5.56. The summed E-state index contributed by atoms with van der Waals surface area (Å²) in [6.45, 7) is 4.42. The minimum Gasteiger partial charge on any atom is -0.494 e. The van der Waals surface area contributed by atoms with Gasteiger partial charge in [0, 0.05) is 40.2 Å². The SMILES string of the molecule is CCOc1ccc(N2C=CN3C(SCC(=O)c4c(C)[nH]c5ccccc45)=NNC3C2=O)cc1. The van der Waals surface area contributed by atoms with Gasteiger partial charge in [0.05, 0.1) is 12.4 Å². The number of aromatic amines is 1. The Balaban J connectivity index is 1.27. The number of carbonyl (C=O) groups is 2. The van der Waals surface area contributed by atoms with E-state index in [1.165, 1.54) is 11.8 Å². The molecule has 0 fully saturated rings. The zero-order valence-corrected chi connectivity index (χ0v) is 19.1. The number of H-pyrrole nitrogens is 1. The number of nitrogens with one attached hydrogen (secondary N) is 2. The molecule has 0 bridgehead atoms. The Morgan fingerprint density at radius 1 is 1.15 bits per heavy atom. The maximum atomic E-state index is 13.1. The molecular formula is C24H23N5O3S. The molecule has 0 aliphatic carbocycles. The number of fused-ring (bicyclic) bond motifs is 2. The summed E-state index contributed by atoms with van der Waals surface area (Å²) in [6.07, 6.45) is 2.87. The molecule has 0 spiro atoms. The second kappa shape index (κ2) is 8.67. The lowest BCUT2D eigenvalue weighted by Gasteiger charge is -2.31. The number of thioether (sulfide) groups is 1. The van der Waals surface area contributed by atoms with Gasteiger partial charge in [-0.2, -0.15) is 5.10 Å². The molecule has 1 atom stereocenters. The molecule has 3 heterocycles. The number of benzene rings is 2. The van der Waals surface area contributed by atoms with Crippen LogP contribution in [0.2, 0.25) is 0 Å². The van der Waals surface area contributed by atoms with Gasteiger partial charge < -0.3 is 9.72 Å². The van der Waals surface area contributed by atoms with Gasteiger partial charge in [-0.05, 0) is 44.2 Å². The number of hydrazone groups is 1. The van der Waals surface area contributed by atoms with E-state index in [0.29, 0.717) is 17.3 Å². The first-order valence-corrected chi connectivity index (χ1v) is 11.6. The summed E-state index contributed by atoms with van der Waals surface area (Å²) in [7, 11) is 0. The van der Waals surface area contributed by atoms with Gasteiger partial charge in [0.2, 0.25) is 6.17 Å². The fourth-order valence-corrected chi connectivity index (χ4v) is 4.88. The molecule has 0 radical (unpaired) electrons. The molecule has 9 heteroatoms. The third-order valence-corrected chi connectivity index (χ3v) is 6.53. The van der Waals surface area contributed by atoms with Gasteiger partial charge in [0.1, 0.15) is 5.75 Å². The number of hydrogen-bond donors (Lipinski definition) is 2. The van der Waals surface area contributed by atoms with Gasteiger partial charge >= 0.3 is 0 Å². The maximum Gasteiger partial charge on any atom is 0.276 e. The van der Waals surface area contributed by atoms with Crippen LogP contribution in [0.1, 0.15) is 23.0 Å². The Morgan fingerprint density at radius 3 is 2.73 bits per heavy atom. The van der Waals surface area contributed by atoms with Crippen molar-refractivity contribution in [3.05, 3.63) is 72.2 Å². The standard InChI is InChI=1S/C24H23N5O3S/c1-3-32-17-10-8-16(9-11-17)28-12-13-29-22(23(28)31)26-27-24(29)33-14-20(30)21-15(2)25-19-7-5-4-6-18(19)21/h4-13,22,25-26H,3,14H2,1-2H3. The number of hydrogen-bond acceptors (Lipinski definition) is 7. The van der Waals surface area contributed by atoms with Gasteiger partial charge in [0.15, 0.2) is 11.0 Å². The van der Waals surface area contributed by atoms with Gasteiger partial charge in [-0.25, -0.2) is 0 Å². The second-order valence-corrected chi connectivity index (χ2v) is 8.59. The van der Waals surface area contributed by atoms with Crippen LogP contribution in [0.15, 0.2) is 66.0 Å². The highest BCUT2D eigenvalue weighted by Gasteiger charge is 2.38. The molecule has 1 unspecified atom stereocenters. The smallest absolute Gasteiger partial charge is 0.276 e. The van der Waals surface area contributed by atoms with Crippen LogP contribution in [0.4, 0.5) is 5.69 Å². The Morgan fingerprint density at radius 2 is 1.94 bits per heavy atom. The van der Waals surface area contributed by atoms with Crippen LogP contribution in [-0.2, 0) is 4.79 Å². The summed E-state index contributed by atoms with van der Waals surface area (Å²) in [5.41, 5.74) is 6.14. The van der Waals surface area contributed by atoms with Crippen molar-refractivity contribution in [2.45, 2.75) is 20.0 Å². The van der Waals surface area contributed by atoms with E-state index in [1.807, 2.05) is 62.4 Å². The van der Waals surface area contributed by atoms with Crippen molar-refractivity contribution >= 4 is 45.2 Å². The van der Waals surface area contributed by atoms with Crippen molar-refractivity contribution in [1.29, 1.82) is 0 Å². The van der Waals surface area contributed by atoms with Gasteiger partial charge in [-0.15, -0.1) is 0 Å². The van der Waals surface area contributed by atoms with E-state index in [4.69, 9.17) is 4.74 Å². The van der Waals surface area contributed by atoms with Crippen LogP contribution in [0.25, 0.3) is 10.9 Å². The normalized spacial score (nSPS) is 17.2. The zero-order valence-electron chi connectivity index (χ0n) is 18.2. The lowest BCUT2D eigenvalue weighted by atomic mass is 10.1. The molecule has 1 amide bonds. The van der Waals surface area contributed by atoms with Gasteiger partial charge in [0.25, 0.3) is 5.91 Å². The lowest BCUT2D eigenvalue weighted by molar-refractivity contribution is -0.122. The number of amides is 1. The number of aromatic nitrogens is 1. The van der Waals surface area contributed by atoms with E-state index in [2.05, 4.69) is 15.5 Å². The maximum absolute atomic E-state index is 13.1. The minimum atomic E-state index is -0.644. The molecular weight excluding hydrogens is 438 g/mol. The van der Waals surface area contributed by atoms with Crippen LogP contribution >= 0.6 is 11.8 Å². The number of amidine groups is 1.